The van der Waals surface area contributed by atoms with E-state index < -0.39 is 0 Å². The van der Waals surface area contributed by atoms with Crippen LogP contribution < -0.4 is 15.0 Å². The van der Waals surface area contributed by atoms with Crippen LogP contribution in [0.3, 0.4) is 0 Å². The number of methoxy groups -OCH3 is 1. The molecule has 0 atom stereocenters. The van der Waals surface area contributed by atoms with E-state index in [0.717, 1.165) is 11.1 Å². The fourth-order valence-corrected chi connectivity index (χ4v) is 2.73. The summed E-state index contributed by atoms with van der Waals surface area (Å²) in [5.41, 5.74) is 2.74. The summed E-state index contributed by atoms with van der Waals surface area (Å²) in [5.74, 6) is -0.182. The van der Waals surface area contributed by atoms with Gasteiger partial charge in [0, 0.05) is 28.7 Å². The molecule has 7 heteroatoms. The lowest BCUT2D eigenvalue weighted by Crippen LogP contribution is -2.36. The van der Waals surface area contributed by atoms with E-state index in [4.69, 9.17) is 27.9 Å². The Labute approximate surface area is 162 Å². The summed E-state index contributed by atoms with van der Waals surface area (Å²) in [6, 6.07) is 8.58. The van der Waals surface area contributed by atoms with Crippen LogP contribution >= 0.6 is 23.2 Å². The molecular formula is C19H20Cl2N2O3. The zero-order chi connectivity index (χ0) is 19.4. The van der Waals surface area contributed by atoms with E-state index in [1.54, 1.807) is 30.3 Å². The lowest BCUT2D eigenvalue weighted by Gasteiger charge is -2.22. The van der Waals surface area contributed by atoms with Crippen molar-refractivity contribution < 1.29 is 14.3 Å². The number of amides is 2. The Balaban J connectivity index is 2.22. The normalized spacial score (nSPS) is 10.4. The number of carbonyl (C=O) groups is 2. The summed E-state index contributed by atoms with van der Waals surface area (Å²) in [5, 5.41) is 3.83. The number of aryl methyl sites for hydroxylation is 2. The Morgan fingerprint density at radius 3 is 2.31 bits per heavy atom. The zero-order valence-corrected chi connectivity index (χ0v) is 16.5. The van der Waals surface area contributed by atoms with Gasteiger partial charge in [-0.1, -0.05) is 29.3 Å². The molecule has 2 aromatic carbocycles. The molecule has 0 heterocycles. The molecule has 2 rings (SSSR count). The minimum absolute atomic E-state index is 0.153. The second kappa shape index (κ2) is 8.43. The molecule has 0 aliphatic rings. The van der Waals surface area contributed by atoms with Crippen molar-refractivity contribution in [3.05, 3.63) is 51.5 Å². The van der Waals surface area contributed by atoms with Gasteiger partial charge in [0.05, 0.1) is 12.8 Å². The zero-order valence-electron chi connectivity index (χ0n) is 15.0. The van der Waals surface area contributed by atoms with Crippen LogP contribution in [0.5, 0.6) is 5.75 Å². The summed E-state index contributed by atoms with van der Waals surface area (Å²) in [7, 11) is 1.49. The molecule has 2 aromatic rings. The van der Waals surface area contributed by atoms with Crippen molar-refractivity contribution in [3.63, 3.8) is 0 Å². The van der Waals surface area contributed by atoms with Crippen LogP contribution in [0.25, 0.3) is 0 Å². The van der Waals surface area contributed by atoms with E-state index in [0.29, 0.717) is 27.2 Å². The van der Waals surface area contributed by atoms with Gasteiger partial charge >= 0.3 is 0 Å². The first kappa shape index (κ1) is 20.1. The lowest BCUT2D eigenvalue weighted by molar-refractivity contribution is -0.120. The van der Waals surface area contributed by atoms with Crippen molar-refractivity contribution in [2.75, 3.05) is 23.9 Å². The Morgan fingerprint density at radius 1 is 1.08 bits per heavy atom. The predicted octanol–water partition coefficient (Wildman–Crippen LogP) is 4.61. The van der Waals surface area contributed by atoms with E-state index in [1.165, 1.54) is 18.9 Å². The summed E-state index contributed by atoms with van der Waals surface area (Å²) in [4.78, 5) is 25.9. The Kier molecular flexibility index (Phi) is 6.51. The van der Waals surface area contributed by atoms with Gasteiger partial charge in [-0.25, -0.2) is 0 Å². The van der Waals surface area contributed by atoms with E-state index in [9.17, 15) is 9.59 Å². The molecule has 0 aliphatic heterocycles. The van der Waals surface area contributed by atoms with E-state index in [-0.39, 0.29) is 18.4 Å². The molecule has 0 bridgehead atoms. The quantitative estimate of drug-likeness (QED) is 0.805. The lowest BCUT2D eigenvalue weighted by atomic mass is 10.2. The van der Waals surface area contributed by atoms with Gasteiger partial charge in [-0.15, -0.1) is 0 Å². The van der Waals surface area contributed by atoms with Crippen LogP contribution in [-0.2, 0) is 9.59 Å². The van der Waals surface area contributed by atoms with E-state index >= 15 is 0 Å². The topological polar surface area (TPSA) is 58.6 Å². The number of rotatable bonds is 5. The van der Waals surface area contributed by atoms with Crippen molar-refractivity contribution in [2.24, 2.45) is 0 Å². The maximum atomic E-state index is 12.5. The maximum Gasteiger partial charge on any atom is 0.244 e. The number of carbonyl (C=O) groups excluding carboxylic acids is 2. The highest BCUT2D eigenvalue weighted by Crippen LogP contribution is 2.31. The van der Waals surface area contributed by atoms with Gasteiger partial charge < -0.3 is 15.0 Å². The number of nitrogens with one attached hydrogen (secondary N) is 1. The molecule has 26 heavy (non-hydrogen) atoms. The summed E-state index contributed by atoms with van der Waals surface area (Å²) in [6.07, 6.45) is 0. The molecule has 0 aromatic heterocycles. The first-order chi connectivity index (χ1) is 12.2. The molecular weight excluding hydrogens is 375 g/mol. The smallest absolute Gasteiger partial charge is 0.244 e. The Hall–Kier alpha value is -2.24. The highest BCUT2D eigenvalue weighted by molar-refractivity contribution is 6.32. The van der Waals surface area contributed by atoms with Gasteiger partial charge in [-0.2, -0.15) is 0 Å². The number of hydrogen-bond donors (Lipinski definition) is 1. The van der Waals surface area contributed by atoms with Gasteiger partial charge in [-0.05, 0) is 43.2 Å². The number of hydrogen-bond acceptors (Lipinski definition) is 3. The van der Waals surface area contributed by atoms with Crippen LogP contribution in [0.2, 0.25) is 10.0 Å². The second-order valence-corrected chi connectivity index (χ2v) is 6.70. The third-order valence-electron chi connectivity index (χ3n) is 3.90. The van der Waals surface area contributed by atoms with Crippen LogP contribution in [0.1, 0.15) is 18.1 Å². The van der Waals surface area contributed by atoms with Crippen molar-refractivity contribution >= 4 is 46.4 Å². The molecule has 1 N–H and O–H groups in total. The molecule has 2 amide bonds. The highest BCUT2D eigenvalue weighted by atomic mass is 35.5. The van der Waals surface area contributed by atoms with Gasteiger partial charge in [0.2, 0.25) is 11.8 Å². The largest absolute Gasteiger partial charge is 0.495 e. The molecule has 138 valence electrons. The van der Waals surface area contributed by atoms with Crippen molar-refractivity contribution in [1.29, 1.82) is 0 Å². The fraction of sp³-hybridized carbons (Fsp3) is 0.263. The summed E-state index contributed by atoms with van der Waals surface area (Å²) in [6.45, 7) is 4.94. The van der Waals surface area contributed by atoms with Gasteiger partial charge in [0.25, 0.3) is 0 Å². The number of halogens is 2. The number of nitrogens with zero attached hydrogens (tertiary/aromatic N) is 1. The Morgan fingerprint density at radius 2 is 1.73 bits per heavy atom. The minimum atomic E-state index is -0.364. The average Bonchev–Trinajstić information content (AvgIpc) is 2.58. The molecule has 0 radical (unpaired) electrons. The SMILES string of the molecule is COc1cc(Cl)c(C)cc1NC(=O)CN(C(C)=O)c1ccc(C)c(Cl)c1. The second-order valence-electron chi connectivity index (χ2n) is 5.89. The summed E-state index contributed by atoms with van der Waals surface area (Å²) < 4.78 is 5.25. The third-order valence-corrected chi connectivity index (χ3v) is 4.72. The first-order valence-electron chi connectivity index (χ1n) is 7.91. The number of ether oxygens (including phenoxy) is 1. The summed E-state index contributed by atoms with van der Waals surface area (Å²) >= 11 is 12.2. The molecule has 0 saturated heterocycles. The third kappa shape index (κ3) is 4.68. The molecule has 0 aliphatic carbocycles. The number of anilines is 2. The van der Waals surface area contributed by atoms with Crippen LogP contribution in [0.15, 0.2) is 30.3 Å². The van der Waals surface area contributed by atoms with Gasteiger partial charge in [0.15, 0.2) is 0 Å². The molecule has 0 saturated carbocycles. The van der Waals surface area contributed by atoms with E-state index in [1.807, 2.05) is 13.8 Å². The molecule has 5 nitrogen and oxygen atoms in total. The molecule has 0 unspecified atom stereocenters. The molecule has 0 fully saturated rings. The highest BCUT2D eigenvalue weighted by Gasteiger charge is 2.18. The Bertz CT molecular complexity index is 853. The van der Waals surface area contributed by atoms with Gasteiger partial charge in [0.1, 0.15) is 12.3 Å². The monoisotopic (exact) mass is 394 g/mol. The van der Waals surface area contributed by atoms with Crippen molar-refractivity contribution in [3.8, 4) is 5.75 Å². The number of benzene rings is 2. The average molecular weight is 395 g/mol. The minimum Gasteiger partial charge on any atom is -0.495 e. The van der Waals surface area contributed by atoms with Crippen LogP contribution in [0.4, 0.5) is 11.4 Å². The van der Waals surface area contributed by atoms with Crippen molar-refractivity contribution in [1.82, 2.24) is 0 Å². The first-order valence-corrected chi connectivity index (χ1v) is 8.66. The maximum absolute atomic E-state index is 12.5. The standard InChI is InChI=1S/C19H20Cl2N2O3/c1-11-5-6-14(8-15(11)20)23(13(3)24)10-19(25)22-17-7-12(2)16(21)9-18(17)26-4/h5-9H,10H2,1-4H3,(H,22,25). The van der Waals surface area contributed by atoms with Crippen LogP contribution in [-0.4, -0.2) is 25.5 Å². The van der Waals surface area contributed by atoms with Crippen LogP contribution in [0, 0.1) is 13.8 Å². The fourth-order valence-electron chi connectivity index (χ4n) is 2.40. The predicted molar refractivity (Wildman–Crippen MR) is 106 cm³/mol. The van der Waals surface area contributed by atoms with Gasteiger partial charge in [-0.3, -0.25) is 9.59 Å². The molecule has 0 spiro atoms. The van der Waals surface area contributed by atoms with Crippen molar-refractivity contribution in [2.45, 2.75) is 20.8 Å². The van der Waals surface area contributed by atoms with E-state index in [2.05, 4.69) is 5.32 Å².